The van der Waals surface area contributed by atoms with E-state index in [1.54, 1.807) is 7.11 Å². The zero-order chi connectivity index (χ0) is 13.0. The van der Waals surface area contributed by atoms with Gasteiger partial charge in [-0.1, -0.05) is 12.1 Å². The molecule has 2 rings (SSSR count). The third-order valence-electron chi connectivity index (χ3n) is 2.85. The summed E-state index contributed by atoms with van der Waals surface area (Å²) in [6.07, 6.45) is 4.19. The van der Waals surface area contributed by atoms with Crippen molar-refractivity contribution in [2.45, 2.75) is 19.9 Å². The summed E-state index contributed by atoms with van der Waals surface area (Å²) >= 11 is 0. The summed E-state index contributed by atoms with van der Waals surface area (Å²) in [6.45, 7) is 2.90. The highest BCUT2D eigenvalue weighted by Gasteiger charge is 2.07. The smallest absolute Gasteiger partial charge is 0.123 e. The van der Waals surface area contributed by atoms with E-state index in [1.165, 1.54) is 0 Å². The van der Waals surface area contributed by atoms with Crippen LogP contribution >= 0.6 is 0 Å². The van der Waals surface area contributed by atoms with Gasteiger partial charge in [0.15, 0.2) is 0 Å². The van der Waals surface area contributed by atoms with Crippen LogP contribution in [0.25, 0.3) is 11.1 Å². The largest absolute Gasteiger partial charge is 0.496 e. The maximum Gasteiger partial charge on any atom is 0.123 e. The molecule has 1 aromatic heterocycles. The lowest BCUT2D eigenvalue weighted by molar-refractivity contribution is 0.411. The van der Waals surface area contributed by atoms with Crippen molar-refractivity contribution in [2.24, 2.45) is 0 Å². The molecule has 2 aromatic rings. The highest BCUT2D eigenvalue weighted by Crippen LogP contribution is 2.27. The van der Waals surface area contributed by atoms with Crippen LogP contribution in [0.4, 0.5) is 0 Å². The van der Waals surface area contributed by atoms with Crippen LogP contribution in [0.15, 0.2) is 30.6 Å². The molecule has 0 aliphatic rings. The van der Waals surface area contributed by atoms with E-state index >= 15 is 0 Å². The van der Waals surface area contributed by atoms with Crippen LogP contribution in [0.5, 0.6) is 5.75 Å². The van der Waals surface area contributed by atoms with Gasteiger partial charge in [0.1, 0.15) is 5.75 Å². The Morgan fingerprint density at radius 1 is 1.39 bits per heavy atom. The fourth-order valence-electron chi connectivity index (χ4n) is 1.84. The highest BCUT2D eigenvalue weighted by molar-refractivity contribution is 5.65. The summed E-state index contributed by atoms with van der Waals surface area (Å²) in [6, 6.07) is 8.01. The predicted molar refractivity (Wildman–Crippen MR) is 69.2 cm³/mol. The summed E-state index contributed by atoms with van der Waals surface area (Å²) in [5, 5.41) is 13.0. The van der Waals surface area contributed by atoms with Gasteiger partial charge in [-0.3, -0.25) is 4.68 Å². The molecule has 4 heteroatoms. The van der Waals surface area contributed by atoms with Crippen molar-refractivity contribution in [3.63, 3.8) is 0 Å². The highest BCUT2D eigenvalue weighted by atomic mass is 16.5. The first-order valence-electron chi connectivity index (χ1n) is 5.85. The van der Waals surface area contributed by atoms with Gasteiger partial charge in [-0.2, -0.15) is 10.4 Å². The van der Waals surface area contributed by atoms with Gasteiger partial charge in [0.05, 0.1) is 25.8 Å². The molecule has 0 bridgehead atoms. The lowest BCUT2D eigenvalue weighted by Crippen LogP contribution is -1.92. The predicted octanol–water partition coefficient (Wildman–Crippen LogP) is 2.64. The number of nitriles is 1. The third kappa shape index (κ3) is 2.35. The van der Waals surface area contributed by atoms with E-state index in [0.717, 1.165) is 29.0 Å². The van der Waals surface area contributed by atoms with Gasteiger partial charge >= 0.3 is 0 Å². The molecule has 0 saturated heterocycles. The fraction of sp³-hybridized carbons (Fsp3) is 0.286. The molecule has 0 spiro atoms. The minimum Gasteiger partial charge on any atom is -0.496 e. The van der Waals surface area contributed by atoms with Gasteiger partial charge in [0.2, 0.25) is 0 Å². The first kappa shape index (κ1) is 12.2. The van der Waals surface area contributed by atoms with Crippen molar-refractivity contribution >= 4 is 0 Å². The first-order chi connectivity index (χ1) is 8.78. The van der Waals surface area contributed by atoms with E-state index in [9.17, 15) is 0 Å². The Bertz CT molecular complexity index is 581. The number of nitrogens with zero attached hydrogens (tertiary/aromatic N) is 3. The zero-order valence-corrected chi connectivity index (χ0v) is 10.6. The molecule has 0 amide bonds. The summed E-state index contributed by atoms with van der Waals surface area (Å²) in [7, 11) is 1.62. The average molecular weight is 241 g/mol. The van der Waals surface area contributed by atoms with Crippen LogP contribution in [0.1, 0.15) is 12.5 Å². The minimum atomic E-state index is 0.359. The zero-order valence-electron chi connectivity index (χ0n) is 10.6. The lowest BCUT2D eigenvalue weighted by atomic mass is 10.0. The van der Waals surface area contributed by atoms with E-state index in [2.05, 4.69) is 11.2 Å². The van der Waals surface area contributed by atoms with Crippen LogP contribution in [0, 0.1) is 11.3 Å². The van der Waals surface area contributed by atoms with Gasteiger partial charge in [-0.25, -0.2) is 0 Å². The molecule has 0 unspecified atom stereocenters. The van der Waals surface area contributed by atoms with Crippen LogP contribution in [0.3, 0.4) is 0 Å². The Morgan fingerprint density at radius 2 is 2.22 bits per heavy atom. The van der Waals surface area contributed by atoms with Crippen LogP contribution < -0.4 is 4.74 Å². The molecule has 1 heterocycles. The Balaban J connectivity index is 2.37. The quantitative estimate of drug-likeness (QED) is 0.826. The number of benzene rings is 1. The number of aromatic nitrogens is 2. The number of aryl methyl sites for hydroxylation is 1. The Labute approximate surface area is 106 Å². The second-order valence-electron chi connectivity index (χ2n) is 3.95. The number of ether oxygens (including phenoxy) is 1. The van der Waals surface area contributed by atoms with Gasteiger partial charge in [-0.05, 0) is 18.6 Å². The molecular formula is C14H15N3O. The molecule has 0 radical (unpaired) electrons. The Morgan fingerprint density at radius 3 is 2.83 bits per heavy atom. The molecule has 1 aromatic carbocycles. The maximum atomic E-state index is 8.74. The van der Waals surface area contributed by atoms with E-state index < -0.39 is 0 Å². The fourth-order valence-corrected chi connectivity index (χ4v) is 1.84. The number of rotatable bonds is 4. The molecule has 0 aliphatic heterocycles. The van der Waals surface area contributed by atoms with Crippen molar-refractivity contribution in [1.29, 1.82) is 5.26 Å². The van der Waals surface area contributed by atoms with E-state index in [0.29, 0.717) is 6.42 Å². The molecule has 0 aliphatic carbocycles. The molecule has 4 nitrogen and oxygen atoms in total. The molecular weight excluding hydrogens is 226 g/mol. The van der Waals surface area contributed by atoms with Crippen molar-refractivity contribution in [1.82, 2.24) is 9.78 Å². The summed E-state index contributed by atoms with van der Waals surface area (Å²) in [5.41, 5.74) is 3.01. The third-order valence-corrected chi connectivity index (χ3v) is 2.85. The average Bonchev–Trinajstić information content (AvgIpc) is 2.88. The summed E-state index contributed by atoms with van der Waals surface area (Å²) in [5.74, 6) is 0.748. The number of hydrogen-bond donors (Lipinski definition) is 0. The Kier molecular flexibility index (Phi) is 3.63. The normalized spacial score (nSPS) is 10.1. The minimum absolute atomic E-state index is 0.359. The van der Waals surface area contributed by atoms with Gasteiger partial charge < -0.3 is 4.74 Å². The van der Waals surface area contributed by atoms with Crippen molar-refractivity contribution in [3.05, 3.63) is 36.2 Å². The first-order valence-corrected chi connectivity index (χ1v) is 5.85. The van der Waals surface area contributed by atoms with Crippen LogP contribution in [0.2, 0.25) is 0 Å². The van der Waals surface area contributed by atoms with Crippen LogP contribution in [-0.4, -0.2) is 16.9 Å². The number of hydrogen-bond acceptors (Lipinski definition) is 3. The SMILES string of the molecule is CCn1cc(-c2ccc(CC#N)c(OC)c2)cn1. The standard InChI is InChI=1S/C14H15N3O/c1-3-17-10-13(9-16-17)12-5-4-11(6-7-15)14(8-12)18-2/h4-5,8-10H,3,6H2,1-2H3. The number of methoxy groups -OCH3 is 1. The maximum absolute atomic E-state index is 8.74. The van der Waals surface area contributed by atoms with E-state index in [-0.39, 0.29) is 0 Å². The van der Waals surface area contributed by atoms with Crippen molar-refractivity contribution < 1.29 is 4.74 Å². The molecule has 0 saturated carbocycles. The topological polar surface area (TPSA) is 50.8 Å². The second-order valence-corrected chi connectivity index (χ2v) is 3.95. The summed E-state index contributed by atoms with van der Waals surface area (Å²) in [4.78, 5) is 0. The van der Waals surface area contributed by atoms with E-state index in [1.807, 2.05) is 42.2 Å². The van der Waals surface area contributed by atoms with E-state index in [4.69, 9.17) is 10.00 Å². The summed E-state index contributed by atoms with van der Waals surface area (Å²) < 4.78 is 7.19. The van der Waals surface area contributed by atoms with Crippen molar-refractivity contribution in [3.8, 4) is 22.9 Å². The molecule has 0 atom stereocenters. The van der Waals surface area contributed by atoms with Gasteiger partial charge in [0, 0.05) is 23.9 Å². The Hall–Kier alpha value is -2.28. The second kappa shape index (κ2) is 5.37. The van der Waals surface area contributed by atoms with Crippen LogP contribution in [-0.2, 0) is 13.0 Å². The van der Waals surface area contributed by atoms with Crippen molar-refractivity contribution in [2.75, 3.05) is 7.11 Å². The monoisotopic (exact) mass is 241 g/mol. The molecule has 18 heavy (non-hydrogen) atoms. The molecule has 0 N–H and O–H groups in total. The van der Waals surface area contributed by atoms with Gasteiger partial charge in [0.25, 0.3) is 0 Å². The molecule has 92 valence electrons. The molecule has 0 fully saturated rings. The van der Waals surface area contributed by atoms with Gasteiger partial charge in [-0.15, -0.1) is 0 Å². The lowest BCUT2D eigenvalue weighted by Gasteiger charge is -2.07.